The summed E-state index contributed by atoms with van der Waals surface area (Å²) in [6.45, 7) is 4.51. The smallest absolute Gasteiger partial charge is 0.244 e. The summed E-state index contributed by atoms with van der Waals surface area (Å²) in [5, 5.41) is 4.11. The van der Waals surface area contributed by atoms with Crippen molar-refractivity contribution >= 4 is 22.5 Å². The van der Waals surface area contributed by atoms with Gasteiger partial charge in [-0.1, -0.05) is 30.7 Å². The lowest BCUT2D eigenvalue weighted by atomic mass is 10.1. The normalized spacial score (nSPS) is 10.8. The number of nitrogens with one attached hydrogen (secondary N) is 1. The van der Waals surface area contributed by atoms with Crippen molar-refractivity contribution in [1.82, 2.24) is 4.57 Å². The van der Waals surface area contributed by atoms with Crippen molar-refractivity contribution in [2.75, 3.05) is 5.32 Å². The van der Waals surface area contributed by atoms with Crippen LogP contribution in [0.2, 0.25) is 0 Å². The van der Waals surface area contributed by atoms with Crippen molar-refractivity contribution in [2.45, 2.75) is 26.8 Å². The molecule has 0 fully saturated rings. The second-order valence-electron chi connectivity index (χ2n) is 5.60. The summed E-state index contributed by atoms with van der Waals surface area (Å²) in [4.78, 5) is 12.2. The fraction of sp³-hybridized carbons (Fsp3) is 0.211. The van der Waals surface area contributed by atoms with E-state index in [2.05, 4.69) is 37.4 Å². The molecule has 0 bridgehead atoms. The highest BCUT2D eigenvalue weighted by molar-refractivity contribution is 5.92. The Hall–Kier alpha value is -2.55. The molecule has 3 rings (SSSR count). The average Bonchev–Trinajstić information content (AvgIpc) is 2.90. The van der Waals surface area contributed by atoms with Crippen molar-refractivity contribution in [3.8, 4) is 0 Å². The minimum Gasteiger partial charge on any atom is -0.338 e. The fourth-order valence-electron chi connectivity index (χ4n) is 2.64. The standard InChI is InChI=1S/C19H20N2O/c1-3-15-5-7-17(8-6-15)20-19(22)13-21-11-10-16-12-14(2)4-9-18(16)21/h4-12H,3,13H2,1-2H3,(H,20,22). The molecule has 1 aromatic heterocycles. The van der Waals surface area contributed by atoms with E-state index in [0.717, 1.165) is 17.6 Å². The molecule has 3 nitrogen and oxygen atoms in total. The Bertz CT molecular complexity index is 800. The summed E-state index contributed by atoms with van der Waals surface area (Å²) in [5.41, 5.74) is 4.42. The molecule has 22 heavy (non-hydrogen) atoms. The Labute approximate surface area is 130 Å². The summed E-state index contributed by atoms with van der Waals surface area (Å²) < 4.78 is 1.98. The number of hydrogen-bond acceptors (Lipinski definition) is 1. The molecule has 3 aromatic rings. The van der Waals surface area contributed by atoms with Crippen molar-refractivity contribution in [1.29, 1.82) is 0 Å². The maximum atomic E-state index is 12.2. The lowest BCUT2D eigenvalue weighted by molar-refractivity contribution is -0.116. The first-order valence-electron chi connectivity index (χ1n) is 7.60. The quantitative estimate of drug-likeness (QED) is 0.770. The number of benzene rings is 2. The number of aromatic nitrogens is 1. The van der Waals surface area contributed by atoms with Gasteiger partial charge in [0, 0.05) is 17.4 Å². The number of carbonyl (C=O) groups is 1. The summed E-state index contributed by atoms with van der Waals surface area (Å²) in [7, 11) is 0. The van der Waals surface area contributed by atoms with Gasteiger partial charge in [0.25, 0.3) is 0 Å². The molecule has 0 saturated carbocycles. The van der Waals surface area contributed by atoms with E-state index in [1.165, 1.54) is 16.5 Å². The molecule has 0 aliphatic rings. The van der Waals surface area contributed by atoms with E-state index in [-0.39, 0.29) is 5.91 Å². The van der Waals surface area contributed by atoms with Crippen molar-refractivity contribution in [3.05, 3.63) is 65.9 Å². The van der Waals surface area contributed by atoms with E-state index in [1.807, 2.05) is 41.1 Å². The van der Waals surface area contributed by atoms with Crippen LogP contribution in [0.1, 0.15) is 18.1 Å². The van der Waals surface area contributed by atoms with Crippen LogP contribution in [0.5, 0.6) is 0 Å². The van der Waals surface area contributed by atoms with Gasteiger partial charge >= 0.3 is 0 Å². The Kier molecular flexibility index (Phi) is 3.96. The summed E-state index contributed by atoms with van der Waals surface area (Å²) in [6.07, 6.45) is 2.97. The van der Waals surface area contributed by atoms with Crippen LogP contribution in [0.25, 0.3) is 10.9 Å². The summed E-state index contributed by atoms with van der Waals surface area (Å²) >= 11 is 0. The van der Waals surface area contributed by atoms with E-state index in [4.69, 9.17) is 0 Å². The second-order valence-corrected chi connectivity index (χ2v) is 5.60. The molecule has 1 N–H and O–H groups in total. The Balaban J connectivity index is 1.72. The Morgan fingerprint density at radius 1 is 1.09 bits per heavy atom. The number of aryl methyl sites for hydroxylation is 2. The molecule has 112 valence electrons. The van der Waals surface area contributed by atoms with Gasteiger partial charge < -0.3 is 9.88 Å². The molecule has 3 heteroatoms. The van der Waals surface area contributed by atoms with Crippen LogP contribution in [-0.4, -0.2) is 10.5 Å². The van der Waals surface area contributed by atoms with Crippen LogP contribution in [-0.2, 0) is 17.8 Å². The fourth-order valence-corrected chi connectivity index (χ4v) is 2.64. The molecule has 0 saturated heterocycles. The largest absolute Gasteiger partial charge is 0.338 e. The zero-order chi connectivity index (χ0) is 15.5. The third-order valence-corrected chi connectivity index (χ3v) is 3.89. The van der Waals surface area contributed by atoms with Crippen molar-refractivity contribution < 1.29 is 4.79 Å². The average molecular weight is 292 g/mol. The van der Waals surface area contributed by atoms with Crippen LogP contribution < -0.4 is 5.32 Å². The molecule has 1 heterocycles. The highest BCUT2D eigenvalue weighted by atomic mass is 16.1. The molecule has 0 spiro atoms. The maximum absolute atomic E-state index is 12.2. The Morgan fingerprint density at radius 3 is 2.59 bits per heavy atom. The van der Waals surface area contributed by atoms with Gasteiger partial charge in [0.2, 0.25) is 5.91 Å². The third-order valence-electron chi connectivity index (χ3n) is 3.89. The molecular formula is C19H20N2O. The zero-order valence-electron chi connectivity index (χ0n) is 13.0. The zero-order valence-corrected chi connectivity index (χ0v) is 13.0. The van der Waals surface area contributed by atoms with Crippen LogP contribution in [0.3, 0.4) is 0 Å². The monoisotopic (exact) mass is 292 g/mol. The van der Waals surface area contributed by atoms with E-state index in [9.17, 15) is 4.79 Å². The first kappa shape index (κ1) is 14.4. The number of nitrogens with zero attached hydrogens (tertiary/aromatic N) is 1. The molecular weight excluding hydrogens is 272 g/mol. The van der Waals surface area contributed by atoms with Crippen LogP contribution in [0.4, 0.5) is 5.69 Å². The van der Waals surface area contributed by atoms with Gasteiger partial charge in [-0.05, 0) is 54.6 Å². The van der Waals surface area contributed by atoms with E-state index >= 15 is 0 Å². The summed E-state index contributed by atoms with van der Waals surface area (Å²) in [5.74, 6) is -0.0117. The molecule has 2 aromatic carbocycles. The Morgan fingerprint density at radius 2 is 1.86 bits per heavy atom. The lowest BCUT2D eigenvalue weighted by Gasteiger charge is -2.08. The minimum absolute atomic E-state index is 0.0117. The van der Waals surface area contributed by atoms with Gasteiger partial charge in [0.15, 0.2) is 0 Å². The number of rotatable bonds is 4. The molecule has 0 radical (unpaired) electrons. The number of anilines is 1. The van der Waals surface area contributed by atoms with Gasteiger partial charge in [-0.3, -0.25) is 4.79 Å². The summed E-state index contributed by atoms with van der Waals surface area (Å²) in [6, 6.07) is 16.3. The number of amides is 1. The van der Waals surface area contributed by atoms with Crippen LogP contribution in [0, 0.1) is 6.92 Å². The second kappa shape index (κ2) is 6.06. The predicted molar refractivity (Wildman–Crippen MR) is 91.1 cm³/mol. The molecule has 0 unspecified atom stereocenters. The number of fused-ring (bicyclic) bond motifs is 1. The number of carbonyl (C=O) groups excluding carboxylic acids is 1. The topological polar surface area (TPSA) is 34.0 Å². The molecule has 0 aliphatic heterocycles. The van der Waals surface area contributed by atoms with Crippen molar-refractivity contribution in [2.24, 2.45) is 0 Å². The van der Waals surface area contributed by atoms with E-state index < -0.39 is 0 Å². The van der Waals surface area contributed by atoms with Gasteiger partial charge in [-0.15, -0.1) is 0 Å². The third kappa shape index (κ3) is 3.03. The first-order valence-corrected chi connectivity index (χ1v) is 7.60. The first-order chi connectivity index (χ1) is 10.7. The molecule has 0 atom stereocenters. The maximum Gasteiger partial charge on any atom is 0.244 e. The highest BCUT2D eigenvalue weighted by Gasteiger charge is 2.07. The van der Waals surface area contributed by atoms with E-state index in [0.29, 0.717) is 6.54 Å². The van der Waals surface area contributed by atoms with Crippen LogP contribution in [0.15, 0.2) is 54.7 Å². The number of hydrogen-bond donors (Lipinski definition) is 1. The molecule has 1 amide bonds. The molecule has 0 aliphatic carbocycles. The van der Waals surface area contributed by atoms with Gasteiger partial charge in [0.1, 0.15) is 6.54 Å². The van der Waals surface area contributed by atoms with Crippen molar-refractivity contribution in [3.63, 3.8) is 0 Å². The highest BCUT2D eigenvalue weighted by Crippen LogP contribution is 2.17. The minimum atomic E-state index is -0.0117. The van der Waals surface area contributed by atoms with Crippen LogP contribution >= 0.6 is 0 Å². The van der Waals surface area contributed by atoms with Gasteiger partial charge in [-0.25, -0.2) is 0 Å². The van der Waals surface area contributed by atoms with E-state index in [1.54, 1.807) is 0 Å². The van der Waals surface area contributed by atoms with Gasteiger partial charge in [-0.2, -0.15) is 0 Å². The SMILES string of the molecule is CCc1ccc(NC(=O)Cn2ccc3cc(C)ccc32)cc1. The lowest BCUT2D eigenvalue weighted by Crippen LogP contribution is -2.18. The van der Waals surface area contributed by atoms with Gasteiger partial charge in [0.05, 0.1) is 0 Å². The predicted octanol–water partition coefficient (Wildman–Crippen LogP) is 4.15.